The van der Waals surface area contributed by atoms with Gasteiger partial charge in [0.25, 0.3) is 5.91 Å². The third-order valence-electron chi connectivity index (χ3n) is 7.39. The fourth-order valence-corrected chi connectivity index (χ4v) is 6.71. The summed E-state index contributed by atoms with van der Waals surface area (Å²) < 4.78 is 5.13. The molecule has 9 nitrogen and oxygen atoms in total. The van der Waals surface area contributed by atoms with E-state index in [1.807, 2.05) is 0 Å². The molecule has 178 valence electrons. The van der Waals surface area contributed by atoms with Crippen LogP contribution in [0.1, 0.15) is 65.7 Å². The van der Waals surface area contributed by atoms with E-state index in [1.165, 1.54) is 24.2 Å². The minimum absolute atomic E-state index is 0.0379. The number of nitrogens with one attached hydrogen (secondary N) is 2. The number of carbonyl (C=O) groups is 4. The Balaban J connectivity index is 1.35. The number of aliphatic hydroxyl groups is 1. The summed E-state index contributed by atoms with van der Waals surface area (Å²) in [6, 6.07) is -1.57. The first-order valence-corrected chi connectivity index (χ1v) is 11.7. The fourth-order valence-electron chi connectivity index (χ4n) is 6.71. The predicted octanol–water partition coefficient (Wildman–Crippen LogP) is 1.33. The van der Waals surface area contributed by atoms with Crippen molar-refractivity contribution in [1.82, 2.24) is 15.5 Å². The molecule has 5 fully saturated rings. The number of ether oxygens (including phenoxy) is 1. The molecule has 1 saturated heterocycles. The number of rotatable bonds is 4. The first-order chi connectivity index (χ1) is 14.9. The Labute approximate surface area is 188 Å². The van der Waals surface area contributed by atoms with Crippen molar-refractivity contribution in [2.75, 3.05) is 13.2 Å². The minimum atomic E-state index is -0.901. The summed E-state index contributed by atoms with van der Waals surface area (Å²) in [7, 11) is 0. The molecule has 9 heteroatoms. The number of imide groups is 1. The summed E-state index contributed by atoms with van der Waals surface area (Å²) in [5.41, 5.74) is -0.932. The maximum Gasteiger partial charge on any atom is 0.329 e. The van der Waals surface area contributed by atoms with E-state index >= 15 is 0 Å². The number of esters is 1. The summed E-state index contributed by atoms with van der Waals surface area (Å²) in [4.78, 5) is 51.7. The molecule has 0 aromatic rings. The van der Waals surface area contributed by atoms with Crippen LogP contribution in [0, 0.1) is 23.2 Å². The molecule has 2 unspecified atom stereocenters. The van der Waals surface area contributed by atoms with Crippen LogP contribution < -0.4 is 10.6 Å². The van der Waals surface area contributed by atoms with Crippen LogP contribution in [-0.2, 0) is 19.1 Å². The Hall–Kier alpha value is -2.16. The van der Waals surface area contributed by atoms with Crippen molar-refractivity contribution in [3.05, 3.63) is 0 Å². The van der Waals surface area contributed by atoms with Crippen molar-refractivity contribution in [3.8, 4) is 0 Å². The van der Waals surface area contributed by atoms with Crippen LogP contribution >= 0.6 is 0 Å². The second kappa shape index (κ2) is 8.32. The molecule has 32 heavy (non-hydrogen) atoms. The Morgan fingerprint density at radius 3 is 2.09 bits per heavy atom. The molecule has 4 aliphatic carbocycles. The summed E-state index contributed by atoms with van der Waals surface area (Å²) >= 11 is 0. The van der Waals surface area contributed by atoms with Crippen LogP contribution in [0.5, 0.6) is 0 Å². The van der Waals surface area contributed by atoms with Crippen molar-refractivity contribution in [2.24, 2.45) is 23.2 Å². The van der Waals surface area contributed by atoms with E-state index in [1.54, 1.807) is 20.8 Å². The second-order valence-electron chi connectivity index (χ2n) is 11.4. The third-order valence-corrected chi connectivity index (χ3v) is 7.39. The van der Waals surface area contributed by atoms with Gasteiger partial charge < -0.3 is 20.1 Å². The number of nitrogens with zero attached hydrogens (tertiary/aromatic N) is 1. The van der Waals surface area contributed by atoms with Gasteiger partial charge in [-0.25, -0.2) is 9.59 Å². The Bertz CT molecular complexity index is 769. The number of β-amino-alcohol motifs (C(OH)–C–C–N with tert-alkyl or cyclic N) is 1. The van der Waals surface area contributed by atoms with Crippen molar-refractivity contribution in [1.29, 1.82) is 0 Å². The number of hydrogen-bond acceptors (Lipinski definition) is 6. The lowest BCUT2D eigenvalue weighted by molar-refractivity contribution is -0.166. The van der Waals surface area contributed by atoms with E-state index in [0.717, 1.165) is 19.3 Å². The topological polar surface area (TPSA) is 125 Å². The van der Waals surface area contributed by atoms with Gasteiger partial charge in [0.2, 0.25) is 5.91 Å². The molecule has 1 heterocycles. The highest BCUT2D eigenvalue weighted by atomic mass is 16.5. The van der Waals surface area contributed by atoms with Crippen molar-refractivity contribution in [3.63, 3.8) is 0 Å². The highest BCUT2D eigenvalue weighted by Crippen LogP contribution is 2.60. The largest absolute Gasteiger partial charge is 0.454 e. The monoisotopic (exact) mass is 449 g/mol. The predicted molar refractivity (Wildman–Crippen MR) is 114 cm³/mol. The van der Waals surface area contributed by atoms with Gasteiger partial charge in [-0.15, -0.1) is 0 Å². The van der Waals surface area contributed by atoms with E-state index in [4.69, 9.17) is 4.74 Å². The zero-order valence-electron chi connectivity index (χ0n) is 19.2. The average Bonchev–Trinajstić information content (AvgIpc) is 3.04. The Kier molecular flexibility index (Phi) is 5.98. The lowest BCUT2D eigenvalue weighted by atomic mass is 9.49. The molecular formula is C23H35N3O6. The molecule has 2 atom stereocenters. The summed E-state index contributed by atoms with van der Waals surface area (Å²) in [5, 5.41) is 14.9. The van der Waals surface area contributed by atoms with Gasteiger partial charge in [-0.05, 0) is 77.0 Å². The fraction of sp³-hybridized carbons (Fsp3) is 0.826. The van der Waals surface area contributed by atoms with Crippen LogP contribution in [0.15, 0.2) is 0 Å². The zero-order chi connectivity index (χ0) is 23.3. The van der Waals surface area contributed by atoms with Gasteiger partial charge in [-0.2, -0.15) is 0 Å². The van der Waals surface area contributed by atoms with Crippen LogP contribution in [-0.4, -0.2) is 64.7 Å². The number of aliphatic hydroxyl groups excluding tert-OH is 1. The Morgan fingerprint density at radius 1 is 1.00 bits per heavy atom. The normalized spacial score (nSPS) is 35.5. The molecule has 4 amide bonds. The minimum Gasteiger partial charge on any atom is -0.454 e. The van der Waals surface area contributed by atoms with E-state index in [9.17, 15) is 24.3 Å². The van der Waals surface area contributed by atoms with Gasteiger partial charge in [0.1, 0.15) is 6.04 Å². The molecular weight excluding hydrogens is 414 g/mol. The molecule has 5 rings (SSSR count). The maximum atomic E-state index is 13.7. The number of carbonyl (C=O) groups excluding carboxylic acids is 4. The number of amides is 4. The van der Waals surface area contributed by atoms with Gasteiger partial charge in [0.15, 0.2) is 6.61 Å². The molecule has 0 aromatic heterocycles. The number of likely N-dealkylation sites (tertiary alicyclic amines) is 1. The first-order valence-electron chi connectivity index (χ1n) is 11.7. The highest BCUT2D eigenvalue weighted by molar-refractivity contribution is 5.96. The highest BCUT2D eigenvalue weighted by Gasteiger charge is 2.57. The van der Waals surface area contributed by atoms with Crippen LogP contribution in [0.2, 0.25) is 0 Å². The van der Waals surface area contributed by atoms with Crippen molar-refractivity contribution in [2.45, 2.75) is 83.4 Å². The lowest BCUT2D eigenvalue weighted by Gasteiger charge is -2.56. The number of hydrogen-bond donors (Lipinski definition) is 3. The van der Waals surface area contributed by atoms with Gasteiger partial charge in [0.05, 0.1) is 11.5 Å². The summed E-state index contributed by atoms with van der Waals surface area (Å²) in [6.07, 6.45) is 5.54. The molecule has 0 aromatic carbocycles. The Morgan fingerprint density at radius 2 is 1.56 bits per heavy atom. The van der Waals surface area contributed by atoms with Crippen LogP contribution in [0.4, 0.5) is 4.79 Å². The molecule has 3 N–H and O–H groups in total. The quantitative estimate of drug-likeness (QED) is 0.556. The SMILES string of the molecule is CC(C)(C)NC(=O)NC(=O)COC(=O)C1CC(O)CN1C(=O)C12CC3CC(CC(C3)C1)C2. The molecule has 0 radical (unpaired) electrons. The average molecular weight is 450 g/mol. The smallest absolute Gasteiger partial charge is 0.329 e. The number of urea groups is 1. The molecule has 1 aliphatic heterocycles. The lowest BCUT2D eigenvalue weighted by Crippen LogP contribution is -2.56. The van der Waals surface area contributed by atoms with Crippen LogP contribution in [0.3, 0.4) is 0 Å². The molecule has 5 aliphatic rings. The molecule has 4 bridgehead atoms. The zero-order valence-corrected chi connectivity index (χ0v) is 19.2. The molecule has 4 saturated carbocycles. The van der Waals surface area contributed by atoms with Crippen molar-refractivity contribution < 1.29 is 29.0 Å². The van der Waals surface area contributed by atoms with Crippen LogP contribution in [0.25, 0.3) is 0 Å². The van der Waals surface area contributed by atoms with Gasteiger partial charge >= 0.3 is 12.0 Å². The maximum absolute atomic E-state index is 13.7. The van der Waals surface area contributed by atoms with E-state index < -0.39 is 47.6 Å². The molecule has 0 spiro atoms. The standard InChI is InChI=1S/C23H35N3O6/c1-22(2,3)25-21(31)24-18(28)12-32-19(29)17-7-16(27)11-26(17)20(30)23-8-13-4-14(9-23)6-15(5-13)10-23/h13-17,27H,4-12H2,1-3H3,(H2,24,25,28,31). The second-order valence-corrected chi connectivity index (χ2v) is 11.4. The van der Waals surface area contributed by atoms with Gasteiger partial charge in [-0.1, -0.05) is 0 Å². The van der Waals surface area contributed by atoms with Gasteiger partial charge in [0, 0.05) is 18.5 Å². The first kappa shape index (κ1) is 23.0. The van der Waals surface area contributed by atoms with Crippen molar-refractivity contribution >= 4 is 23.8 Å². The van der Waals surface area contributed by atoms with E-state index in [2.05, 4.69) is 10.6 Å². The third kappa shape index (κ3) is 4.77. The summed E-state index contributed by atoms with van der Waals surface area (Å²) in [6.45, 7) is 4.82. The van der Waals surface area contributed by atoms with Gasteiger partial charge in [-0.3, -0.25) is 14.9 Å². The van der Waals surface area contributed by atoms with E-state index in [0.29, 0.717) is 17.8 Å². The summed E-state index contributed by atoms with van der Waals surface area (Å²) in [5.74, 6) is 0.260. The van der Waals surface area contributed by atoms with E-state index in [-0.39, 0.29) is 18.9 Å².